The lowest BCUT2D eigenvalue weighted by Crippen LogP contribution is -1.93. The van der Waals surface area contributed by atoms with Crippen molar-refractivity contribution in [1.29, 1.82) is 0 Å². The van der Waals surface area contributed by atoms with Crippen LogP contribution in [0.4, 0.5) is 0 Å². The Kier molecular flexibility index (Phi) is 5.12. The van der Waals surface area contributed by atoms with Crippen molar-refractivity contribution in [3.8, 4) is 23.0 Å². The molecule has 0 bridgehead atoms. The molecule has 0 aliphatic rings. The average Bonchev–Trinajstić information content (AvgIpc) is 2.50. The summed E-state index contributed by atoms with van der Waals surface area (Å²) in [6.07, 6.45) is 4.62. The minimum Gasteiger partial charge on any atom is -0.507 e. The molecule has 3 nitrogen and oxygen atoms in total. The van der Waals surface area contributed by atoms with Gasteiger partial charge in [-0.05, 0) is 62.1 Å². The molecule has 23 heavy (non-hydrogen) atoms. The summed E-state index contributed by atoms with van der Waals surface area (Å²) in [5.74, 6) is 1.83. The van der Waals surface area contributed by atoms with E-state index < -0.39 is 0 Å². The predicted octanol–water partition coefficient (Wildman–Crippen LogP) is 4.96. The zero-order valence-electron chi connectivity index (χ0n) is 13.6. The number of rotatable bonds is 6. The van der Waals surface area contributed by atoms with Crippen LogP contribution in [-0.4, -0.2) is 10.2 Å². The minimum atomic E-state index is 0.270. The number of phenols is 2. The lowest BCUT2D eigenvalue weighted by Gasteiger charge is -2.13. The molecule has 0 saturated heterocycles. The maximum absolute atomic E-state index is 10.1. The van der Waals surface area contributed by atoms with Crippen molar-refractivity contribution in [3.63, 3.8) is 0 Å². The number of hydrogen-bond acceptors (Lipinski definition) is 3. The van der Waals surface area contributed by atoms with Crippen LogP contribution in [0.1, 0.15) is 22.3 Å². The van der Waals surface area contributed by atoms with Gasteiger partial charge < -0.3 is 14.9 Å². The molecule has 0 unspecified atom stereocenters. The molecule has 120 valence electrons. The fourth-order valence-electron chi connectivity index (χ4n) is 2.51. The minimum absolute atomic E-state index is 0.270. The van der Waals surface area contributed by atoms with Gasteiger partial charge in [0.1, 0.15) is 23.0 Å². The van der Waals surface area contributed by atoms with Crippen molar-refractivity contribution in [1.82, 2.24) is 0 Å². The second-order valence-corrected chi connectivity index (χ2v) is 5.58. The van der Waals surface area contributed by atoms with Gasteiger partial charge in [-0.3, -0.25) is 0 Å². The summed E-state index contributed by atoms with van der Waals surface area (Å²) in [6.45, 7) is 11.1. The highest BCUT2D eigenvalue weighted by molar-refractivity contribution is 5.50. The van der Waals surface area contributed by atoms with Gasteiger partial charge in [0.2, 0.25) is 0 Å². The Morgan fingerprint density at radius 1 is 0.826 bits per heavy atom. The van der Waals surface area contributed by atoms with Crippen LogP contribution in [0.15, 0.2) is 49.6 Å². The SMILES string of the molecule is C=CCc1cc(Oc2cc(C)c(O)c(CC=C)c2)cc(C)c1O. The molecule has 0 heterocycles. The van der Waals surface area contributed by atoms with Gasteiger partial charge in [0.25, 0.3) is 0 Å². The number of benzene rings is 2. The van der Waals surface area contributed by atoms with E-state index in [0.29, 0.717) is 24.3 Å². The summed E-state index contributed by atoms with van der Waals surface area (Å²) in [4.78, 5) is 0. The Hall–Kier alpha value is -2.68. The van der Waals surface area contributed by atoms with E-state index in [-0.39, 0.29) is 11.5 Å². The van der Waals surface area contributed by atoms with E-state index in [1.54, 1.807) is 36.4 Å². The lowest BCUT2D eigenvalue weighted by atomic mass is 10.1. The molecule has 0 aromatic heterocycles. The van der Waals surface area contributed by atoms with Gasteiger partial charge in [0.15, 0.2) is 0 Å². The molecule has 0 spiro atoms. The van der Waals surface area contributed by atoms with Gasteiger partial charge >= 0.3 is 0 Å². The van der Waals surface area contributed by atoms with Crippen LogP contribution in [0.2, 0.25) is 0 Å². The number of aryl methyl sites for hydroxylation is 2. The smallest absolute Gasteiger partial charge is 0.128 e. The Labute approximate surface area is 137 Å². The monoisotopic (exact) mass is 310 g/mol. The lowest BCUT2D eigenvalue weighted by molar-refractivity contribution is 0.449. The number of hydrogen-bond donors (Lipinski definition) is 2. The maximum atomic E-state index is 10.1. The first-order chi connectivity index (χ1) is 11.0. The highest BCUT2D eigenvalue weighted by atomic mass is 16.5. The van der Waals surface area contributed by atoms with Gasteiger partial charge in [-0.2, -0.15) is 0 Å². The number of phenolic OH excluding ortho intramolecular Hbond substituents is 2. The molecule has 2 aromatic rings. The molecule has 0 aliphatic carbocycles. The molecule has 0 aliphatic heterocycles. The van der Waals surface area contributed by atoms with Crippen LogP contribution in [0.5, 0.6) is 23.0 Å². The Bertz CT molecular complexity index is 682. The van der Waals surface area contributed by atoms with E-state index in [4.69, 9.17) is 4.74 Å². The molecular formula is C20H22O3. The Balaban J connectivity index is 2.39. The molecule has 0 fully saturated rings. The molecule has 0 saturated carbocycles. The zero-order valence-corrected chi connectivity index (χ0v) is 13.6. The molecule has 2 rings (SSSR count). The second kappa shape index (κ2) is 7.05. The maximum Gasteiger partial charge on any atom is 0.128 e. The summed E-state index contributed by atoms with van der Waals surface area (Å²) < 4.78 is 5.93. The summed E-state index contributed by atoms with van der Waals surface area (Å²) in [6, 6.07) is 7.19. The normalized spacial score (nSPS) is 10.3. The quantitative estimate of drug-likeness (QED) is 0.741. The topological polar surface area (TPSA) is 49.7 Å². The van der Waals surface area contributed by atoms with Gasteiger partial charge in [-0.25, -0.2) is 0 Å². The number of aromatic hydroxyl groups is 2. The van der Waals surface area contributed by atoms with Gasteiger partial charge in [-0.1, -0.05) is 12.2 Å². The fourth-order valence-corrected chi connectivity index (χ4v) is 2.51. The third-order valence-corrected chi connectivity index (χ3v) is 3.67. The van der Waals surface area contributed by atoms with Crippen molar-refractivity contribution in [2.45, 2.75) is 26.7 Å². The van der Waals surface area contributed by atoms with Gasteiger partial charge in [0.05, 0.1) is 0 Å². The highest BCUT2D eigenvalue weighted by Gasteiger charge is 2.10. The van der Waals surface area contributed by atoms with Crippen molar-refractivity contribution in [2.75, 3.05) is 0 Å². The third-order valence-electron chi connectivity index (χ3n) is 3.67. The van der Waals surface area contributed by atoms with Crippen LogP contribution < -0.4 is 4.74 Å². The molecule has 3 heteroatoms. The van der Waals surface area contributed by atoms with Crippen LogP contribution in [0, 0.1) is 13.8 Å². The first-order valence-electron chi connectivity index (χ1n) is 7.50. The van der Waals surface area contributed by atoms with Crippen molar-refractivity contribution < 1.29 is 14.9 Å². The number of ether oxygens (including phenoxy) is 1. The van der Waals surface area contributed by atoms with E-state index in [2.05, 4.69) is 13.2 Å². The number of allylic oxidation sites excluding steroid dienone is 2. The molecule has 2 N–H and O–H groups in total. The fraction of sp³-hybridized carbons (Fsp3) is 0.200. The Morgan fingerprint density at radius 2 is 1.22 bits per heavy atom. The first kappa shape index (κ1) is 16.7. The summed E-state index contributed by atoms with van der Waals surface area (Å²) >= 11 is 0. The third kappa shape index (κ3) is 3.75. The average molecular weight is 310 g/mol. The highest BCUT2D eigenvalue weighted by Crippen LogP contribution is 2.34. The van der Waals surface area contributed by atoms with Crippen LogP contribution in [-0.2, 0) is 12.8 Å². The van der Waals surface area contributed by atoms with Gasteiger partial charge in [0, 0.05) is 11.1 Å². The molecule has 2 aromatic carbocycles. The summed E-state index contributed by atoms with van der Waals surface area (Å²) in [7, 11) is 0. The van der Waals surface area contributed by atoms with Crippen molar-refractivity contribution in [3.05, 3.63) is 71.8 Å². The molecule has 0 atom stereocenters. The van der Waals surface area contributed by atoms with Crippen molar-refractivity contribution in [2.24, 2.45) is 0 Å². The largest absolute Gasteiger partial charge is 0.507 e. The van der Waals surface area contributed by atoms with E-state index in [1.807, 2.05) is 13.8 Å². The molecule has 0 amide bonds. The molecular weight excluding hydrogens is 288 g/mol. The van der Waals surface area contributed by atoms with Crippen LogP contribution in [0.3, 0.4) is 0 Å². The van der Waals surface area contributed by atoms with E-state index >= 15 is 0 Å². The summed E-state index contributed by atoms with van der Waals surface area (Å²) in [5, 5.41) is 20.1. The van der Waals surface area contributed by atoms with E-state index in [1.165, 1.54) is 0 Å². The first-order valence-corrected chi connectivity index (χ1v) is 7.50. The molecule has 0 radical (unpaired) electrons. The van der Waals surface area contributed by atoms with Crippen LogP contribution in [0.25, 0.3) is 0 Å². The van der Waals surface area contributed by atoms with E-state index in [0.717, 1.165) is 22.3 Å². The van der Waals surface area contributed by atoms with Crippen LogP contribution >= 0.6 is 0 Å². The standard InChI is InChI=1S/C20H22O3/c1-5-7-15-11-17(9-13(3)19(15)21)23-18-10-14(4)20(22)16(12-18)8-6-2/h5-6,9-12,21-22H,1-2,7-8H2,3-4H3. The van der Waals surface area contributed by atoms with Crippen molar-refractivity contribution >= 4 is 0 Å². The predicted molar refractivity (Wildman–Crippen MR) is 93.6 cm³/mol. The second-order valence-electron chi connectivity index (χ2n) is 5.58. The van der Waals surface area contributed by atoms with Gasteiger partial charge in [-0.15, -0.1) is 13.2 Å². The van der Waals surface area contributed by atoms with E-state index in [9.17, 15) is 10.2 Å². The zero-order chi connectivity index (χ0) is 17.0. The summed E-state index contributed by atoms with van der Waals surface area (Å²) in [5.41, 5.74) is 3.05. The Morgan fingerprint density at radius 3 is 1.57 bits per heavy atom.